The normalized spacial score (nSPS) is 19.9. The van der Waals surface area contributed by atoms with Crippen LogP contribution in [0.2, 0.25) is 0 Å². The Morgan fingerprint density at radius 1 is 1.16 bits per heavy atom. The fourth-order valence-corrected chi connectivity index (χ4v) is 6.39. The lowest BCUT2D eigenvalue weighted by Crippen LogP contribution is -2.45. The van der Waals surface area contributed by atoms with E-state index in [1.165, 1.54) is 32.3 Å². The van der Waals surface area contributed by atoms with Crippen molar-refractivity contribution < 1.29 is 37.1 Å². The van der Waals surface area contributed by atoms with Crippen LogP contribution in [0.1, 0.15) is 58.9 Å². The van der Waals surface area contributed by atoms with Crippen LogP contribution >= 0.6 is 11.3 Å². The highest BCUT2D eigenvalue weighted by molar-refractivity contribution is 7.13. The van der Waals surface area contributed by atoms with Gasteiger partial charge in [0.05, 0.1) is 5.69 Å². The van der Waals surface area contributed by atoms with Gasteiger partial charge in [0, 0.05) is 25.7 Å². The Hall–Kier alpha value is -4.08. The Balaban J connectivity index is 1.47. The molecular weight excluding hydrogens is 593 g/mol. The highest BCUT2D eigenvalue weighted by Crippen LogP contribution is 2.44. The van der Waals surface area contributed by atoms with Gasteiger partial charge in [0.1, 0.15) is 23.2 Å². The Labute approximate surface area is 247 Å². The molecule has 2 saturated carbocycles. The summed E-state index contributed by atoms with van der Waals surface area (Å²) in [6, 6.07) is 1.26. The molecule has 0 unspecified atom stereocenters. The van der Waals surface area contributed by atoms with Crippen LogP contribution in [0.15, 0.2) is 23.1 Å². The second kappa shape index (κ2) is 13.1. The van der Waals surface area contributed by atoms with Gasteiger partial charge >= 0.3 is 6.18 Å². The number of carbonyl (C=O) groups is 5. The standard InChI is InChI=1S/C27H31F3N6O6S/c1-13-21(43-26(32-13)27(28,29)30)24(41)34-16(7-8-19(37)23(40)31-2)22(39)35-17-4-3-9-36(25(17)42)12-20(38)33-18-11-14-5-6-15(18)10-14/h3-4,9,14-16,18H,5-8,10-12H2,1-2H3,(H,31,40)(H,33,38)(H,34,41)(H,35,39)/t14-,15+,16+,18-/m1/s1. The van der Waals surface area contributed by atoms with Crippen molar-refractivity contribution in [3.05, 3.63) is 44.3 Å². The van der Waals surface area contributed by atoms with Crippen LogP contribution in [0.4, 0.5) is 18.9 Å². The zero-order valence-electron chi connectivity index (χ0n) is 23.4. The molecule has 2 aliphatic rings. The molecule has 4 rings (SSSR count). The number of pyridine rings is 1. The van der Waals surface area contributed by atoms with Gasteiger partial charge in [0.25, 0.3) is 17.4 Å². The summed E-state index contributed by atoms with van der Waals surface area (Å²) in [5.74, 6) is -3.15. The second-order valence-electron chi connectivity index (χ2n) is 10.7. The van der Waals surface area contributed by atoms with Gasteiger partial charge in [0.2, 0.25) is 17.6 Å². The Morgan fingerprint density at radius 2 is 1.91 bits per heavy atom. The molecular formula is C27H31F3N6O6S. The number of alkyl halides is 3. The Morgan fingerprint density at radius 3 is 2.51 bits per heavy atom. The first-order valence-electron chi connectivity index (χ1n) is 13.7. The van der Waals surface area contributed by atoms with Gasteiger partial charge in [-0.25, -0.2) is 4.98 Å². The van der Waals surface area contributed by atoms with Gasteiger partial charge in [-0.1, -0.05) is 6.42 Å². The van der Waals surface area contributed by atoms with Crippen LogP contribution in [0, 0.1) is 18.8 Å². The number of likely N-dealkylation sites (N-methyl/N-ethyl adjacent to an activating group) is 1. The van der Waals surface area contributed by atoms with Crippen molar-refractivity contribution in [2.24, 2.45) is 11.8 Å². The van der Waals surface area contributed by atoms with E-state index in [0.717, 1.165) is 30.3 Å². The number of ketones is 1. The quantitative estimate of drug-likeness (QED) is 0.276. The van der Waals surface area contributed by atoms with Gasteiger partial charge in [-0.2, -0.15) is 13.2 Å². The summed E-state index contributed by atoms with van der Waals surface area (Å²) in [5, 5.41) is 8.53. The van der Waals surface area contributed by atoms with Crippen LogP contribution in [0.5, 0.6) is 0 Å². The van der Waals surface area contributed by atoms with E-state index in [1.807, 2.05) is 0 Å². The van der Waals surface area contributed by atoms with E-state index in [9.17, 15) is 41.9 Å². The zero-order chi connectivity index (χ0) is 31.5. The average molecular weight is 625 g/mol. The van der Waals surface area contributed by atoms with E-state index in [4.69, 9.17) is 0 Å². The van der Waals surface area contributed by atoms with Crippen LogP contribution in [-0.2, 0) is 31.9 Å². The number of nitrogens with one attached hydrogen (secondary N) is 4. The van der Waals surface area contributed by atoms with Gasteiger partial charge < -0.3 is 25.8 Å². The summed E-state index contributed by atoms with van der Waals surface area (Å²) in [6.45, 7) is 0.911. The van der Waals surface area contributed by atoms with Crippen LogP contribution in [-0.4, -0.2) is 58.1 Å². The van der Waals surface area contributed by atoms with Crippen molar-refractivity contribution >= 4 is 46.4 Å². The monoisotopic (exact) mass is 624 g/mol. The molecule has 0 spiro atoms. The van der Waals surface area contributed by atoms with Crippen LogP contribution in [0.25, 0.3) is 0 Å². The first kappa shape index (κ1) is 31.8. The molecule has 0 saturated heterocycles. The van der Waals surface area contributed by atoms with Gasteiger partial charge in [0.15, 0.2) is 5.01 Å². The van der Waals surface area contributed by atoms with Gasteiger partial charge in [-0.3, -0.25) is 28.8 Å². The first-order chi connectivity index (χ1) is 20.3. The molecule has 2 aliphatic carbocycles. The van der Waals surface area contributed by atoms with Crippen LogP contribution < -0.4 is 26.8 Å². The molecule has 2 heterocycles. The summed E-state index contributed by atoms with van der Waals surface area (Å²) in [4.78, 5) is 78.5. The number of aryl methyl sites for hydroxylation is 1. The summed E-state index contributed by atoms with van der Waals surface area (Å²) < 4.78 is 40.4. The Kier molecular flexibility index (Phi) is 9.67. The molecule has 0 aromatic carbocycles. The molecule has 0 radical (unpaired) electrons. The minimum Gasteiger partial charge on any atom is -0.353 e. The molecule has 43 heavy (non-hydrogen) atoms. The summed E-state index contributed by atoms with van der Waals surface area (Å²) in [7, 11) is 1.23. The van der Waals surface area contributed by atoms with E-state index in [0.29, 0.717) is 11.8 Å². The highest BCUT2D eigenvalue weighted by Gasteiger charge is 2.40. The number of anilines is 1. The molecule has 232 valence electrons. The number of Topliss-reactive ketones (excluding diaryl/α,β-unsaturated/α-hetero) is 1. The molecule has 4 amide bonds. The predicted molar refractivity (Wildman–Crippen MR) is 148 cm³/mol. The summed E-state index contributed by atoms with van der Waals surface area (Å²) >= 11 is 0.0880. The molecule has 4 atom stereocenters. The summed E-state index contributed by atoms with van der Waals surface area (Å²) in [6.07, 6.45) is -0.0690. The summed E-state index contributed by atoms with van der Waals surface area (Å²) in [5.41, 5.74) is -1.16. The topological polar surface area (TPSA) is 168 Å². The fourth-order valence-electron chi connectivity index (χ4n) is 5.55. The lowest BCUT2D eigenvalue weighted by Gasteiger charge is -2.23. The van der Waals surface area contributed by atoms with Crippen molar-refractivity contribution in [3.8, 4) is 0 Å². The number of fused-ring (bicyclic) bond motifs is 2. The molecule has 2 aromatic rings. The molecule has 12 nitrogen and oxygen atoms in total. The number of hydrogen-bond donors (Lipinski definition) is 4. The number of rotatable bonds is 11. The Bertz CT molecular complexity index is 1490. The van der Waals surface area contributed by atoms with Crippen molar-refractivity contribution in [3.63, 3.8) is 0 Å². The van der Waals surface area contributed by atoms with Crippen LogP contribution in [0.3, 0.4) is 0 Å². The maximum absolute atomic E-state index is 13.2. The third-order valence-corrected chi connectivity index (χ3v) is 8.89. The molecule has 2 aromatic heterocycles. The predicted octanol–water partition coefficient (Wildman–Crippen LogP) is 1.77. The molecule has 2 bridgehead atoms. The molecule has 2 fully saturated rings. The molecule has 0 aliphatic heterocycles. The number of hydrogen-bond acceptors (Lipinski definition) is 8. The minimum absolute atomic E-state index is 0.0705. The van der Waals surface area contributed by atoms with E-state index < -0.39 is 64.0 Å². The lowest BCUT2D eigenvalue weighted by atomic mass is 9.95. The minimum atomic E-state index is -4.79. The van der Waals surface area contributed by atoms with E-state index >= 15 is 0 Å². The van der Waals surface area contributed by atoms with Crippen molar-refractivity contribution in [1.29, 1.82) is 0 Å². The van der Waals surface area contributed by atoms with Crippen molar-refractivity contribution in [2.75, 3.05) is 12.4 Å². The van der Waals surface area contributed by atoms with E-state index in [1.54, 1.807) is 0 Å². The van der Waals surface area contributed by atoms with Gasteiger partial charge in [-0.05, 0) is 56.6 Å². The smallest absolute Gasteiger partial charge is 0.353 e. The third kappa shape index (κ3) is 7.66. The second-order valence-corrected chi connectivity index (χ2v) is 11.7. The lowest BCUT2D eigenvalue weighted by molar-refractivity contribution is -0.137. The van der Waals surface area contributed by atoms with Crippen molar-refractivity contribution in [1.82, 2.24) is 25.5 Å². The van der Waals surface area contributed by atoms with Crippen molar-refractivity contribution in [2.45, 2.75) is 70.3 Å². The zero-order valence-corrected chi connectivity index (χ0v) is 24.2. The average Bonchev–Trinajstić information content (AvgIpc) is 3.68. The first-order valence-corrected chi connectivity index (χ1v) is 14.5. The molecule has 4 N–H and O–H groups in total. The largest absolute Gasteiger partial charge is 0.443 e. The number of nitrogens with zero attached hydrogens (tertiary/aromatic N) is 2. The number of halogens is 3. The SMILES string of the molecule is CNC(=O)C(=O)CC[C@H](NC(=O)c1sc(C(F)(F)F)nc1C)C(=O)Nc1cccn(CC(=O)N[C@@H]2C[C@@H]3CC[C@H]2C3)c1=O. The third-order valence-electron chi connectivity index (χ3n) is 7.68. The number of aromatic nitrogens is 2. The van der Waals surface area contributed by atoms with E-state index in [2.05, 4.69) is 26.3 Å². The molecule has 16 heteroatoms. The number of thiazole rings is 1. The fraction of sp³-hybridized carbons (Fsp3) is 0.519. The number of carbonyl (C=O) groups excluding carboxylic acids is 5. The maximum Gasteiger partial charge on any atom is 0.443 e. The maximum atomic E-state index is 13.2. The van der Waals surface area contributed by atoms with E-state index in [-0.39, 0.29) is 41.2 Å². The van der Waals surface area contributed by atoms with Gasteiger partial charge in [-0.15, -0.1) is 11.3 Å². The number of amides is 4. The highest BCUT2D eigenvalue weighted by atomic mass is 32.1.